The molecule has 0 aliphatic rings. The lowest BCUT2D eigenvalue weighted by Crippen LogP contribution is -2.21. The number of nitrogens with one attached hydrogen (secondary N) is 2. The molecule has 0 spiro atoms. The Morgan fingerprint density at radius 3 is 1.76 bits per heavy atom. The molecule has 0 unspecified atom stereocenters. The molecule has 0 aliphatic carbocycles. The number of halogens is 1. The summed E-state index contributed by atoms with van der Waals surface area (Å²) in [6, 6.07) is 23.4. The van der Waals surface area contributed by atoms with Gasteiger partial charge in [-0.15, -0.1) is 0 Å². The van der Waals surface area contributed by atoms with E-state index in [1.54, 1.807) is 36.4 Å². The Morgan fingerprint density at radius 2 is 1.21 bits per heavy atom. The summed E-state index contributed by atoms with van der Waals surface area (Å²) in [6.07, 6.45) is 0. The zero-order chi connectivity index (χ0) is 20.5. The van der Waals surface area contributed by atoms with Gasteiger partial charge in [0.2, 0.25) is 0 Å². The predicted octanol–water partition coefficient (Wildman–Crippen LogP) is 4.33. The first-order valence-electron chi connectivity index (χ1n) is 8.84. The van der Waals surface area contributed by atoms with Crippen LogP contribution in [-0.2, 0) is 9.59 Å². The lowest BCUT2D eigenvalue weighted by Gasteiger charge is -2.10. The zero-order valence-electron chi connectivity index (χ0n) is 15.4. The van der Waals surface area contributed by atoms with E-state index in [1.807, 2.05) is 42.5 Å². The molecule has 0 saturated carbocycles. The second-order valence-corrected chi connectivity index (χ2v) is 7.27. The van der Waals surface area contributed by atoms with Crippen molar-refractivity contribution in [2.75, 3.05) is 23.8 Å². The molecule has 0 saturated heterocycles. The first-order valence-corrected chi connectivity index (χ1v) is 9.92. The summed E-state index contributed by atoms with van der Waals surface area (Å²) in [5.41, 5.74) is 1.12. The van der Waals surface area contributed by atoms with E-state index in [2.05, 4.69) is 33.2 Å². The lowest BCUT2D eigenvalue weighted by atomic mass is 10.2. The number of anilines is 2. The third kappa shape index (κ3) is 7.11. The highest BCUT2D eigenvalue weighted by Gasteiger charge is 2.07. The first kappa shape index (κ1) is 20.7. The number of rotatable bonds is 8. The largest absolute Gasteiger partial charge is 0.484 e. The molecule has 0 aliphatic heterocycles. The Morgan fingerprint density at radius 1 is 0.690 bits per heavy atom. The van der Waals surface area contributed by atoms with Gasteiger partial charge in [-0.25, -0.2) is 0 Å². The molecule has 3 rings (SSSR count). The number of hydrogen-bond donors (Lipinski definition) is 2. The van der Waals surface area contributed by atoms with E-state index in [9.17, 15) is 9.59 Å². The molecular weight excluding hydrogens is 483 g/mol. The van der Waals surface area contributed by atoms with Gasteiger partial charge in [-0.2, -0.15) is 0 Å². The van der Waals surface area contributed by atoms with Crippen molar-refractivity contribution in [3.63, 3.8) is 0 Å². The molecule has 0 radical (unpaired) electrons. The van der Waals surface area contributed by atoms with Gasteiger partial charge in [0.15, 0.2) is 13.2 Å². The average molecular weight is 502 g/mol. The number of amides is 2. The standard InChI is InChI=1S/C22H19IN2O4/c23-16-9-11-20(12-10-16)29-15-22(27)25-18-6-4-5-17(13-18)24-21(26)14-28-19-7-2-1-3-8-19/h1-13H,14-15H2,(H,24,26)(H,25,27). The zero-order valence-corrected chi connectivity index (χ0v) is 17.6. The van der Waals surface area contributed by atoms with Crippen LogP contribution in [0.2, 0.25) is 0 Å². The number of ether oxygens (including phenoxy) is 2. The molecule has 0 atom stereocenters. The van der Waals surface area contributed by atoms with Crippen molar-refractivity contribution in [3.05, 3.63) is 82.4 Å². The van der Waals surface area contributed by atoms with Crippen LogP contribution >= 0.6 is 22.6 Å². The van der Waals surface area contributed by atoms with Gasteiger partial charge in [0.1, 0.15) is 11.5 Å². The Balaban J connectivity index is 1.47. The second kappa shape index (κ2) is 10.5. The van der Waals surface area contributed by atoms with Gasteiger partial charge >= 0.3 is 0 Å². The van der Waals surface area contributed by atoms with Gasteiger partial charge in [-0.3, -0.25) is 9.59 Å². The van der Waals surface area contributed by atoms with E-state index in [0.29, 0.717) is 22.9 Å². The van der Waals surface area contributed by atoms with Crippen LogP contribution in [0.1, 0.15) is 0 Å². The van der Waals surface area contributed by atoms with Gasteiger partial charge in [0, 0.05) is 14.9 Å². The van der Waals surface area contributed by atoms with Crippen LogP contribution < -0.4 is 20.1 Å². The smallest absolute Gasteiger partial charge is 0.262 e. The molecule has 6 nitrogen and oxygen atoms in total. The topological polar surface area (TPSA) is 76.7 Å². The van der Waals surface area contributed by atoms with Crippen molar-refractivity contribution in [1.29, 1.82) is 0 Å². The van der Waals surface area contributed by atoms with Gasteiger partial charge < -0.3 is 20.1 Å². The van der Waals surface area contributed by atoms with Crippen LogP contribution in [0.25, 0.3) is 0 Å². The minimum atomic E-state index is -0.292. The van der Waals surface area contributed by atoms with Crippen molar-refractivity contribution in [3.8, 4) is 11.5 Å². The van der Waals surface area contributed by atoms with Crippen molar-refractivity contribution >= 4 is 45.8 Å². The molecule has 29 heavy (non-hydrogen) atoms. The molecule has 2 N–H and O–H groups in total. The number of hydrogen-bond acceptors (Lipinski definition) is 4. The van der Waals surface area contributed by atoms with Crippen LogP contribution in [0.5, 0.6) is 11.5 Å². The Labute approximate surface area is 182 Å². The summed E-state index contributed by atoms with van der Waals surface area (Å²) in [6.45, 7) is -0.216. The van der Waals surface area contributed by atoms with Gasteiger partial charge in [0.25, 0.3) is 11.8 Å². The van der Waals surface area contributed by atoms with Crippen LogP contribution in [0.3, 0.4) is 0 Å². The fourth-order valence-electron chi connectivity index (χ4n) is 2.41. The molecule has 0 fully saturated rings. The first-order chi connectivity index (χ1) is 14.1. The minimum Gasteiger partial charge on any atom is -0.484 e. The summed E-state index contributed by atoms with van der Waals surface area (Å²) in [4.78, 5) is 24.2. The third-order valence-corrected chi connectivity index (χ3v) is 4.45. The lowest BCUT2D eigenvalue weighted by molar-refractivity contribution is -0.118. The quantitative estimate of drug-likeness (QED) is 0.450. The third-order valence-electron chi connectivity index (χ3n) is 3.73. The van der Waals surface area contributed by atoms with Crippen molar-refractivity contribution < 1.29 is 19.1 Å². The minimum absolute atomic E-state index is 0.107. The number of carbonyl (C=O) groups is 2. The molecule has 0 aromatic heterocycles. The number of benzene rings is 3. The van der Waals surface area contributed by atoms with Crippen molar-refractivity contribution in [2.24, 2.45) is 0 Å². The van der Waals surface area contributed by atoms with Crippen molar-refractivity contribution in [2.45, 2.75) is 0 Å². The highest BCUT2D eigenvalue weighted by molar-refractivity contribution is 14.1. The van der Waals surface area contributed by atoms with Crippen molar-refractivity contribution in [1.82, 2.24) is 0 Å². The molecule has 148 valence electrons. The highest BCUT2D eigenvalue weighted by Crippen LogP contribution is 2.16. The molecule has 0 heterocycles. The second-order valence-electron chi connectivity index (χ2n) is 6.02. The monoisotopic (exact) mass is 502 g/mol. The summed E-state index contributed by atoms with van der Waals surface area (Å²) in [5, 5.41) is 5.49. The van der Waals surface area contributed by atoms with E-state index in [0.717, 1.165) is 3.57 Å². The van der Waals surface area contributed by atoms with E-state index < -0.39 is 0 Å². The summed E-state index contributed by atoms with van der Waals surface area (Å²) in [7, 11) is 0. The molecule has 0 bridgehead atoms. The van der Waals surface area contributed by atoms with E-state index in [1.165, 1.54) is 0 Å². The van der Waals surface area contributed by atoms with Gasteiger partial charge in [0.05, 0.1) is 0 Å². The molecule has 3 aromatic rings. The maximum Gasteiger partial charge on any atom is 0.262 e. The molecular formula is C22H19IN2O4. The SMILES string of the molecule is O=C(COc1ccccc1)Nc1cccc(NC(=O)COc2ccc(I)cc2)c1. The maximum atomic E-state index is 12.1. The average Bonchev–Trinajstić information content (AvgIpc) is 2.73. The van der Waals surface area contributed by atoms with Crippen LogP contribution in [0.15, 0.2) is 78.9 Å². The molecule has 3 aromatic carbocycles. The Hall–Kier alpha value is -3.07. The summed E-state index contributed by atoms with van der Waals surface area (Å²) in [5.74, 6) is 0.663. The Bertz CT molecular complexity index is 962. The molecule has 7 heteroatoms. The van der Waals surface area contributed by atoms with E-state index in [4.69, 9.17) is 9.47 Å². The normalized spacial score (nSPS) is 10.1. The maximum absolute atomic E-state index is 12.1. The fraction of sp³-hybridized carbons (Fsp3) is 0.0909. The van der Waals surface area contributed by atoms with Gasteiger partial charge in [-0.05, 0) is 77.2 Å². The van der Waals surface area contributed by atoms with Crippen LogP contribution in [-0.4, -0.2) is 25.0 Å². The summed E-state index contributed by atoms with van der Waals surface area (Å²) >= 11 is 2.20. The van der Waals surface area contributed by atoms with Gasteiger partial charge in [-0.1, -0.05) is 24.3 Å². The predicted molar refractivity (Wildman–Crippen MR) is 120 cm³/mol. The highest BCUT2D eigenvalue weighted by atomic mass is 127. The fourth-order valence-corrected chi connectivity index (χ4v) is 2.77. The number of carbonyl (C=O) groups excluding carboxylic acids is 2. The van der Waals surface area contributed by atoms with Crippen LogP contribution in [0, 0.1) is 3.57 Å². The number of para-hydroxylation sites is 1. The van der Waals surface area contributed by atoms with E-state index >= 15 is 0 Å². The Kier molecular flexibility index (Phi) is 7.46. The van der Waals surface area contributed by atoms with Crippen LogP contribution in [0.4, 0.5) is 11.4 Å². The summed E-state index contributed by atoms with van der Waals surface area (Å²) < 4.78 is 12.0. The van der Waals surface area contributed by atoms with E-state index in [-0.39, 0.29) is 25.0 Å². The molecule has 2 amide bonds.